The van der Waals surface area contributed by atoms with Crippen molar-refractivity contribution < 1.29 is 4.74 Å². The first kappa shape index (κ1) is 15.3. The lowest BCUT2D eigenvalue weighted by Gasteiger charge is -2.22. The van der Waals surface area contributed by atoms with Crippen LogP contribution in [0.5, 0.6) is 5.75 Å². The second-order valence-corrected chi connectivity index (χ2v) is 7.86. The molecule has 0 N–H and O–H groups in total. The summed E-state index contributed by atoms with van der Waals surface area (Å²) in [5.41, 5.74) is 6.44. The molecule has 0 unspecified atom stereocenters. The number of rotatable bonds is 4. The van der Waals surface area contributed by atoms with Crippen molar-refractivity contribution in [1.29, 1.82) is 0 Å². The fourth-order valence-corrected chi connectivity index (χ4v) is 2.21. The summed E-state index contributed by atoms with van der Waals surface area (Å²) in [5, 5.41) is 0. The molecule has 18 heavy (non-hydrogen) atoms. The normalized spacial score (nSPS) is 11.3. The SMILES string of the molecule is C=C=Cc1cc(C(C)(C)I)cc(C(C)C)c1OC. The minimum Gasteiger partial charge on any atom is -0.496 e. The molecule has 0 aliphatic carbocycles. The molecule has 0 aromatic heterocycles. The Morgan fingerprint density at radius 3 is 2.39 bits per heavy atom. The van der Waals surface area contributed by atoms with Crippen molar-refractivity contribution in [3.8, 4) is 5.75 Å². The molecule has 1 aromatic carbocycles. The van der Waals surface area contributed by atoms with Crippen molar-refractivity contribution in [3.63, 3.8) is 0 Å². The first-order valence-corrected chi connectivity index (χ1v) is 7.16. The van der Waals surface area contributed by atoms with Crippen molar-refractivity contribution in [1.82, 2.24) is 0 Å². The highest BCUT2D eigenvalue weighted by atomic mass is 127. The molecule has 0 saturated heterocycles. The van der Waals surface area contributed by atoms with Gasteiger partial charge in [0.1, 0.15) is 5.75 Å². The number of halogens is 1. The first-order valence-electron chi connectivity index (χ1n) is 6.08. The van der Waals surface area contributed by atoms with E-state index in [0.29, 0.717) is 5.92 Å². The Morgan fingerprint density at radius 2 is 2.00 bits per heavy atom. The molecule has 1 rings (SSSR count). The Bertz CT molecular complexity index is 475. The van der Waals surface area contributed by atoms with Gasteiger partial charge in [-0.3, -0.25) is 0 Å². The van der Waals surface area contributed by atoms with E-state index in [2.05, 4.69) is 74.7 Å². The van der Waals surface area contributed by atoms with E-state index in [0.717, 1.165) is 11.3 Å². The largest absolute Gasteiger partial charge is 0.496 e. The molecule has 0 heterocycles. The summed E-state index contributed by atoms with van der Waals surface area (Å²) >= 11 is 2.46. The van der Waals surface area contributed by atoms with E-state index in [1.54, 1.807) is 7.11 Å². The van der Waals surface area contributed by atoms with Crippen molar-refractivity contribution in [2.45, 2.75) is 37.0 Å². The summed E-state index contributed by atoms with van der Waals surface area (Å²) in [6.45, 7) is 12.4. The van der Waals surface area contributed by atoms with E-state index < -0.39 is 0 Å². The van der Waals surface area contributed by atoms with Crippen molar-refractivity contribution >= 4 is 28.7 Å². The maximum absolute atomic E-state index is 5.56. The molecule has 0 spiro atoms. The Balaban J connectivity index is 3.59. The zero-order chi connectivity index (χ0) is 13.9. The van der Waals surface area contributed by atoms with Crippen LogP contribution in [0.15, 0.2) is 24.4 Å². The summed E-state index contributed by atoms with van der Waals surface area (Å²) in [4.78, 5) is 0. The zero-order valence-electron chi connectivity index (χ0n) is 11.8. The molecule has 0 aliphatic heterocycles. The van der Waals surface area contributed by atoms with Crippen LogP contribution in [0.4, 0.5) is 0 Å². The van der Waals surface area contributed by atoms with E-state index >= 15 is 0 Å². The summed E-state index contributed by atoms with van der Waals surface area (Å²) in [7, 11) is 1.72. The highest BCUT2D eigenvalue weighted by molar-refractivity contribution is 14.1. The second-order valence-electron chi connectivity index (χ2n) is 5.16. The first-order chi connectivity index (χ1) is 8.31. The molecule has 0 amide bonds. The van der Waals surface area contributed by atoms with Gasteiger partial charge in [0.2, 0.25) is 0 Å². The molecular weight excluding hydrogens is 335 g/mol. The lowest BCUT2D eigenvalue weighted by molar-refractivity contribution is 0.406. The molecular formula is C16H21IO. The fraction of sp³-hybridized carbons (Fsp3) is 0.438. The topological polar surface area (TPSA) is 9.23 Å². The van der Waals surface area contributed by atoms with Crippen molar-refractivity contribution in [3.05, 3.63) is 41.1 Å². The van der Waals surface area contributed by atoms with Gasteiger partial charge in [-0.1, -0.05) is 49.1 Å². The monoisotopic (exact) mass is 356 g/mol. The summed E-state index contributed by atoms with van der Waals surface area (Å²) in [5.74, 6) is 1.36. The fourth-order valence-electron chi connectivity index (χ4n) is 1.90. The average Bonchev–Trinajstić information content (AvgIpc) is 2.27. The highest BCUT2D eigenvalue weighted by Crippen LogP contribution is 2.38. The molecule has 0 aliphatic rings. The molecule has 0 fully saturated rings. The number of methoxy groups -OCH3 is 1. The van der Waals surface area contributed by atoms with Gasteiger partial charge in [0, 0.05) is 8.99 Å². The summed E-state index contributed by atoms with van der Waals surface area (Å²) < 4.78 is 5.65. The van der Waals surface area contributed by atoms with Crippen LogP contribution in [0.2, 0.25) is 0 Å². The number of ether oxygens (including phenoxy) is 1. The van der Waals surface area contributed by atoms with Crippen LogP contribution in [0, 0.1) is 0 Å². The van der Waals surface area contributed by atoms with Gasteiger partial charge in [0.25, 0.3) is 0 Å². The Kier molecular flexibility index (Phi) is 5.06. The van der Waals surface area contributed by atoms with Crippen LogP contribution in [0.3, 0.4) is 0 Å². The molecule has 98 valence electrons. The van der Waals surface area contributed by atoms with Crippen LogP contribution in [0.25, 0.3) is 6.08 Å². The molecule has 1 nitrogen and oxygen atoms in total. The maximum Gasteiger partial charge on any atom is 0.130 e. The van der Waals surface area contributed by atoms with Crippen LogP contribution < -0.4 is 4.74 Å². The average molecular weight is 356 g/mol. The third-order valence-electron chi connectivity index (χ3n) is 2.92. The van der Waals surface area contributed by atoms with Gasteiger partial charge >= 0.3 is 0 Å². The molecule has 2 heteroatoms. The second kappa shape index (κ2) is 5.94. The smallest absolute Gasteiger partial charge is 0.130 e. The van der Waals surface area contributed by atoms with Crippen LogP contribution in [-0.2, 0) is 3.42 Å². The number of alkyl halides is 1. The Labute approximate surface area is 124 Å². The summed E-state index contributed by atoms with van der Waals surface area (Å²) in [6.07, 6.45) is 1.89. The van der Waals surface area contributed by atoms with E-state index in [1.807, 2.05) is 6.08 Å². The van der Waals surface area contributed by atoms with Crippen molar-refractivity contribution in [2.75, 3.05) is 7.11 Å². The van der Waals surface area contributed by atoms with Gasteiger partial charge in [0.05, 0.1) is 7.11 Å². The Hall–Kier alpha value is -0.730. The molecule has 0 atom stereocenters. The lowest BCUT2D eigenvalue weighted by Crippen LogP contribution is -2.09. The molecule has 0 radical (unpaired) electrons. The number of hydrogen-bond acceptors (Lipinski definition) is 1. The quantitative estimate of drug-likeness (QED) is 0.405. The van der Waals surface area contributed by atoms with Gasteiger partial charge in [-0.05, 0) is 43.0 Å². The van der Waals surface area contributed by atoms with Gasteiger partial charge in [-0.2, -0.15) is 0 Å². The van der Waals surface area contributed by atoms with E-state index in [1.165, 1.54) is 11.1 Å². The third-order valence-corrected chi connectivity index (χ3v) is 3.54. The van der Waals surface area contributed by atoms with Crippen molar-refractivity contribution in [2.24, 2.45) is 0 Å². The maximum atomic E-state index is 5.56. The van der Waals surface area contributed by atoms with Gasteiger partial charge in [0.15, 0.2) is 0 Å². The summed E-state index contributed by atoms with van der Waals surface area (Å²) in [6, 6.07) is 4.41. The number of hydrogen-bond donors (Lipinski definition) is 0. The van der Waals surface area contributed by atoms with Gasteiger partial charge < -0.3 is 4.74 Å². The predicted octanol–water partition coefficient (Wildman–Crippen LogP) is 5.29. The van der Waals surface area contributed by atoms with Gasteiger partial charge in [-0.25, -0.2) is 0 Å². The van der Waals surface area contributed by atoms with E-state index in [4.69, 9.17) is 4.74 Å². The van der Waals surface area contributed by atoms with Crippen LogP contribution >= 0.6 is 22.6 Å². The van der Waals surface area contributed by atoms with Crippen LogP contribution in [0.1, 0.15) is 50.3 Å². The molecule has 1 aromatic rings. The van der Waals surface area contributed by atoms with E-state index in [9.17, 15) is 0 Å². The minimum absolute atomic E-state index is 0.0947. The molecule has 0 saturated carbocycles. The molecule has 0 bridgehead atoms. The third kappa shape index (κ3) is 3.39. The minimum atomic E-state index is 0.0947. The van der Waals surface area contributed by atoms with E-state index in [-0.39, 0.29) is 3.42 Å². The van der Waals surface area contributed by atoms with Crippen LogP contribution in [-0.4, -0.2) is 7.11 Å². The Morgan fingerprint density at radius 1 is 1.39 bits per heavy atom. The standard InChI is InChI=1S/C16H21IO/c1-7-8-12-9-13(16(4,5)17)10-14(11(2)3)15(12)18-6/h8-11H,1H2,2-6H3. The van der Waals surface area contributed by atoms with Gasteiger partial charge in [-0.15, -0.1) is 5.73 Å². The lowest BCUT2D eigenvalue weighted by atomic mass is 9.92. The highest BCUT2D eigenvalue weighted by Gasteiger charge is 2.21. The predicted molar refractivity (Wildman–Crippen MR) is 87.7 cm³/mol. The zero-order valence-corrected chi connectivity index (χ0v) is 14.0. The number of benzene rings is 1.